The molecule has 0 bridgehead atoms. The van der Waals surface area contributed by atoms with Gasteiger partial charge < -0.3 is 9.22 Å². The van der Waals surface area contributed by atoms with E-state index < -0.39 is 19.0 Å². The van der Waals surface area contributed by atoms with Crippen LogP contribution < -0.4 is 0 Å². The number of nitrogens with zero attached hydrogens (tertiary/aromatic N) is 1. The topological polar surface area (TPSA) is 26.3 Å². The Kier molecular flexibility index (Phi) is 0.969. The van der Waals surface area contributed by atoms with Crippen molar-refractivity contribution in [1.29, 1.82) is 0 Å². The Morgan fingerprint density at radius 3 is 3.10 bits per heavy atom. The first-order valence-corrected chi connectivity index (χ1v) is 3.35. The maximum Gasteiger partial charge on any atom is 0.371 e. The van der Waals surface area contributed by atoms with E-state index in [9.17, 15) is 4.79 Å². The van der Waals surface area contributed by atoms with E-state index in [0.29, 0.717) is 13.2 Å². The van der Waals surface area contributed by atoms with E-state index >= 15 is 0 Å². The van der Waals surface area contributed by atoms with Gasteiger partial charge in [0.05, 0.1) is 24.7 Å². The molecule has 58 valence electrons. The number of carbonyl (C=O) groups is 1. The van der Waals surface area contributed by atoms with E-state index in [1.165, 1.54) is 0 Å². The fourth-order valence-electron chi connectivity index (χ4n) is 0.858. The van der Waals surface area contributed by atoms with Gasteiger partial charge in [0.25, 0.3) is 0 Å². The highest BCUT2D eigenvalue weighted by atomic mass is 16.5. The second kappa shape index (κ2) is 2.23. The summed E-state index contributed by atoms with van der Waals surface area (Å²) in [6.07, 6.45) is 0. The van der Waals surface area contributed by atoms with Crippen molar-refractivity contribution in [2.24, 2.45) is 0 Å². The molecule has 0 N–H and O–H groups in total. The molecule has 0 saturated carbocycles. The first-order chi connectivity index (χ1) is 5.83. The summed E-state index contributed by atoms with van der Waals surface area (Å²) in [5.74, 6) is -0.402. The molecule has 1 heterocycles. The maximum absolute atomic E-state index is 11.2. The second-order valence-electron chi connectivity index (χ2n) is 2.72. The minimum Gasteiger partial charge on any atom is -0.461 e. The number of carbonyl (C=O) groups excluding carboxylic acids is 1. The van der Waals surface area contributed by atoms with Crippen molar-refractivity contribution < 1.29 is 18.1 Å². The molecule has 10 heavy (non-hydrogen) atoms. The van der Waals surface area contributed by atoms with Gasteiger partial charge in [-0.1, -0.05) is 0 Å². The lowest BCUT2D eigenvalue weighted by Crippen LogP contribution is -2.24. The van der Waals surface area contributed by atoms with Gasteiger partial charge >= 0.3 is 5.97 Å². The number of rotatable bonds is 2. The van der Waals surface area contributed by atoms with Crippen LogP contribution in [0.3, 0.4) is 0 Å². The highest BCUT2D eigenvalue weighted by Gasteiger charge is 2.54. The summed E-state index contributed by atoms with van der Waals surface area (Å²) in [6.45, 7) is 0.253. The zero-order valence-electron chi connectivity index (χ0n) is 9.26. The van der Waals surface area contributed by atoms with E-state index in [4.69, 9.17) is 8.85 Å². The van der Waals surface area contributed by atoms with Crippen molar-refractivity contribution in [3.05, 3.63) is 0 Å². The Balaban J connectivity index is 2.58. The van der Waals surface area contributed by atoms with Gasteiger partial charge in [0, 0.05) is 0 Å². The van der Waals surface area contributed by atoms with E-state index in [0.717, 1.165) is 0 Å². The van der Waals surface area contributed by atoms with Gasteiger partial charge in [0.2, 0.25) is 6.04 Å². The first kappa shape index (κ1) is 4.34. The molecular weight excluding hydrogens is 130 g/mol. The van der Waals surface area contributed by atoms with Crippen LogP contribution in [0.1, 0.15) is 11.0 Å². The highest BCUT2D eigenvalue weighted by molar-refractivity contribution is 5.76. The summed E-state index contributed by atoms with van der Waals surface area (Å²) in [6, 6.07) is -0.493. The number of likely N-dealkylation sites (N-methyl/N-ethyl adjacent to an activating group) is 1. The predicted molar refractivity (Wildman–Crippen MR) is 37.4 cm³/mol. The van der Waals surface area contributed by atoms with Gasteiger partial charge in [-0.15, -0.1) is 0 Å². The van der Waals surface area contributed by atoms with Crippen molar-refractivity contribution in [2.75, 3.05) is 27.2 Å². The molecule has 0 aromatic heterocycles. The number of esters is 1. The molecule has 0 amide bonds. The Morgan fingerprint density at radius 2 is 2.70 bits per heavy atom. The van der Waals surface area contributed by atoms with Gasteiger partial charge in [0.15, 0.2) is 0 Å². The molecule has 1 aliphatic rings. The van der Waals surface area contributed by atoms with Gasteiger partial charge in [-0.3, -0.25) is 0 Å². The van der Waals surface area contributed by atoms with Crippen molar-refractivity contribution >= 4 is 5.97 Å². The average molecular weight is 147 g/mol. The molecule has 1 aliphatic heterocycles. The second-order valence-corrected chi connectivity index (χ2v) is 2.72. The fourth-order valence-corrected chi connectivity index (χ4v) is 0.858. The molecule has 0 radical (unpaired) electrons. The van der Waals surface area contributed by atoms with Crippen molar-refractivity contribution in [3.8, 4) is 0 Å². The molecule has 0 aromatic rings. The van der Waals surface area contributed by atoms with E-state index in [1.54, 1.807) is 14.0 Å². The summed E-state index contributed by atoms with van der Waals surface area (Å²) >= 11 is 0. The number of quaternary nitrogens is 1. The SMILES string of the molecule is [2H]C([2H])([2H])[N+]1(C)C[C@@H]1C(=O)OCC. The lowest BCUT2D eigenvalue weighted by Gasteiger charge is -2.04. The van der Waals surface area contributed by atoms with Crippen molar-refractivity contribution in [1.82, 2.24) is 0 Å². The van der Waals surface area contributed by atoms with Crippen LogP contribution in [0.5, 0.6) is 0 Å². The third-order valence-corrected chi connectivity index (χ3v) is 1.67. The Hall–Kier alpha value is -0.570. The van der Waals surface area contributed by atoms with Gasteiger partial charge in [0.1, 0.15) is 6.54 Å². The highest BCUT2D eigenvalue weighted by Crippen LogP contribution is 2.24. The summed E-state index contributed by atoms with van der Waals surface area (Å²) in [7, 11) is 1.55. The molecule has 1 saturated heterocycles. The number of hydrogen-bond donors (Lipinski definition) is 0. The fraction of sp³-hybridized carbons (Fsp3) is 0.857. The lowest BCUT2D eigenvalue weighted by atomic mass is 10.5. The monoisotopic (exact) mass is 147 g/mol. The zero-order chi connectivity index (χ0) is 10.3. The minimum atomic E-state index is -2.11. The largest absolute Gasteiger partial charge is 0.461 e. The standard InChI is InChI=1S/C7H14NO2/c1-4-10-7(9)6-5-8(6,2)3/h6H,4-5H2,1-3H3/q+1/t6-/m1/s1/i2D3/t6-,8?. The quantitative estimate of drug-likeness (QED) is 0.312. The molecule has 0 aliphatic carbocycles. The van der Waals surface area contributed by atoms with Crippen molar-refractivity contribution in [3.63, 3.8) is 0 Å². The summed E-state index contributed by atoms with van der Waals surface area (Å²) in [4.78, 5) is 11.2. The van der Waals surface area contributed by atoms with Crippen LogP contribution in [0.4, 0.5) is 0 Å². The van der Waals surface area contributed by atoms with E-state index in [1.807, 2.05) is 0 Å². The molecule has 0 aromatic carbocycles. The van der Waals surface area contributed by atoms with Crippen molar-refractivity contribution in [2.45, 2.75) is 13.0 Å². The summed E-state index contributed by atoms with van der Waals surface area (Å²) in [5.41, 5.74) is 0. The molecule has 1 unspecified atom stereocenters. The molecule has 1 fully saturated rings. The van der Waals surface area contributed by atoms with Gasteiger partial charge in [-0.2, -0.15) is 0 Å². The number of hydrogen-bond acceptors (Lipinski definition) is 2. The predicted octanol–water partition coefficient (Wildman–Crippen LogP) is 0.00810. The van der Waals surface area contributed by atoms with Crippen LogP contribution in [0.2, 0.25) is 0 Å². The van der Waals surface area contributed by atoms with Crippen LogP contribution in [0.15, 0.2) is 0 Å². The Morgan fingerprint density at radius 1 is 2.00 bits per heavy atom. The third kappa shape index (κ3) is 1.29. The van der Waals surface area contributed by atoms with Crippen LogP contribution in [-0.2, 0) is 9.53 Å². The Bertz CT molecular complexity index is 228. The molecule has 3 nitrogen and oxygen atoms in total. The van der Waals surface area contributed by atoms with Crippen LogP contribution in [0.25, 0.3) is 0 Å². The van der Waals surface area contributed by atoms with Crippen LogP contribution in [-0.4, -0.2) is 43.7 Å². The summed E-state index contributed by atoms with van der Waals surface area (Å²) in [5, 5.41) is 0. The molecule has 2 atom stereocenters. The smallest absolute Gasteiger partial charge is 0.371 e. The van der Waals surface area contributed by atoms with Gasteiger partial charge in [-0.05, 0) is 6.92 Å². The average Bonchev–Trinajstić information content (AvgIpc) is 2.63. The first-order valence-electron chi connectivity index (χ1n) is 4.85. The lowest BCUT2D eigenvalue weighted by molar-refractivity contribution is -0.764. The minimum absolute atomic E-state index is 0.189. The zero-order valence-corrected chi connectivity index (χ0v) is 6.26. The van der Waals surface area contributed by atoms with Gasteiger partial charge in [-0.25, -0.2) is 4.79 Å². The van der Waals surface area contributed by atoms with E-state index in [-0.39, 0.29) is 4.48 Å². The molecule has 3 heteroatoms. The molecule has 0 spiro atoms. The summed E-state index contributed by atoms with van der Waals surface area (Å²) < 4.78 is 26.2. The molecule has 1 rings (SSSR count). The van der Waals surface area contributed by atoms with Crippen LogP contribution >= 0.6 is 0 Å². The Labute approximate surface area is 65.4 Å². The molecular formula is C7H14NO2+. The normalized spacial score (nSPS) is 43.0. The maximum atomic E-state index is 11.2. The number of ether oxygens (including phenoxy) is 1. The van der Waals surface area contributed by atoms with E-state index in [2.05, 4.69) is 0 Å². The van der Waals surface area contributed by atoms with Crippen LogP contribution in [0, 0.1) is 0 Å². The third-order valence-electron chi connectivity index (χ3n) is 1.67.